The van der Waals surface area contributed by atoms with Crippen LogP contribution in [0.4, 0.5) is 10.3 Å². The van der Waals surface area contributed by atoms with Crippen LogP contribution >= 0.6 is 0 Å². The molecule has 0 atom stereocenters. The highest BCUT2D eigenvalue weighted by Crippen LogP contribution is 2.22. The number of anilines is 1. The number of carboxylic acid groups (broad SMARTS) is 1. The van der Waals surface area contributed by atoms with Gasteiger partial charge in [-0.25, -0.2) is 9.37 Å². The van der Waals surface area contributed by atoms with Gasteiger partial charge in [-0.3, -0.25) is 9.36 Å². The number of nitrogens with zero attached hydrogens (tertiary/aromatic N) is 3. The first kappa shape index (κ1) is 12.3. The first-order chi connectivity index (χ1) is 8.52. The van der Waals surface area contributed by atoms with E-state index in [-0.39, 0.29) is 6.54 Å². The van der Waals surface area contributed by atoms with E-state index in [0.717, 1.165) is 0 Å². The normalized spacial score (nSPS) is 10.8. The second kappa shape index (κ2) is 4.64. The lowest BCUT2D eigenvalue weighted by Gasteiger charge is -2.16. The van der Waals surface area contributed by atoms with Gasteiger partial charge in [0.05, 0.1) is 11.0 Å². The monoisotopic (exact) mass is 251 g/mol. The van der Waals surface area contributed by atoms with Gasteiger partial charge >= 0.3 is 5.97 Å². The van der Waals surface area contributed by atoms with Crippen LogP contribution in [0.2, 0.25) is 0 Å². The van der Waals surface area contributed by atoms with Crippen LogP contribution in [0.3, 0.4) is 0 Å². The van der Waals surface area contributed by atoms with Crippen molar-refractivity contribution in [2.75, 3.05) is 18.5 Å². The van der Waals surface area contributed by atoms with Crippen molar-refractivity contribution < 1.29 is 14.3 Å². The van der Waals surface area contributed by atoms with Gasteiger partial charge in [-0.1, -0.05) is 0 Å². The highest BCUT2D eigenvalue weighted by Gasteiger charge is 2.16. The number of fused-ring (bicyclic) bond motifs is 1. The van der Waals surface area contributed by atoms with Crippen molar-refractivity contribution in [1.82, 2.24) is 9.55 Å². The molecule has 0 saturated heterocycles. The molecule has 0 amide bonds. The predicted molar refractivity (Wildman–Crippen MR) is 66.3 cm³/mol. The number of benzene rings is 1. The Balaban J connectivity index is 2.65. The van der Waals surface area contributed by atoms with Crippen molar-refractivity contribution in [1.29, 1.82) is 0 Å². The maximum Gasteiger partial charge on any atom is 0.323 e. The van der Waals surface area contributed by atoms with Gasteiger partial charge < -0.3 is 10.0 Å². The molecule has 1 aromatic heterocycles. The predicted octanol–water partition coefficient (Wildman–Crippen LogP) is 1.72. The molecular formula is C12H14FN3O2. The van der Waals surface area contributed by atoms with Crippen LogP contribution in [0.25, 0.3) is 11.0 Å². The summed E-state index contributed by atoms with van der Waals surface area (Å²) in [7, 11) is 1.82. The second-order valence-corrected chi connectivity index (χ2v) is 4.04. The molecule has 5 nitrogen and oxygen atoms in total. The standard InChI is InChI=1S/C12H14FN3O2/c1-3-15(2)12-14-9-5-4-8(13)6-10(9)16(12)7-11(17)18/h4-6H,3,7H2,1-2H3,(H,17,18). The lowest BCUT2D eigenvalue weighted by atomic mass is 10.3. The Bertz CT molecular complexity index is 594. The Morgan fingerprint density at radius 3 is 2.89 bits per heavy atom. The maximum absolute atomic E-state index is 13.2. The van der Waals surface area contributed by atoms with Crippen molar-refractivity contribution in [2.45, 2.75) is 13.5 Å². The largest absolute Gasteiger partial charge is 0.480 e. The molecule has 1 heterocycles. The third kappa shape index (κ3) is 2.13. The number of hydrogen-bond acceptors (Lipinski definition) is 3. The zero-order valence-corrected chi connectivity index (χ0v) is 10.2. The number of halogens is 1. The molecule has 2 aromatic rings. The van der Waals surface area contributed by atoms with E-state index in [9.17, 15) is 9.18 Å². The minimum absolute atomic E-state index is 0.236. The van der Waals surface area contributed by atoms with E-state index >= 15 is 0 Å². The lowest BCUT2D eigenvalue weighted by molar-refractivity contribution is -0.137. The molecule has 0 aliphatic heterocycles. The molecule has 0 saturated carbocycles. The fourth-order valence-corrected chi connectivity index (χ4v) is 1.81. The highest BCUT2D eigenvalue weighted by atomic mass is 19.1. The van der Waals surface area contributed by atoms with Crippen LogP contribution in [0.5, 0.6) is 0 Å². The molecule has 0 spiro atoms. The Morgan fingerprint density at radius 1 is 1.56 bits per heavy atom. The fraction of sp³-hybridized carbons (Fsp3) is 0.333. The van der Waals surface area contributed by atoms with Gasteiger partial charge in [0.15, 0.2) is 0 Å². The van der Waals surface area contributed by atoms with Gasteiger partial charge in [-0.15, -0.1) is 0 Å². The first-order valence-corrected chi connectivity index (χ1v) is 5.61. The molecule has 2 rings (SSSR count). The van der Waals surface area contributed by atoms with E-state index in [1.54, 1.807) is 6.07 Å². The average molecular weight is 251 g/mol. The molecule has 0 unspecified atom stereocenters. The lowest BCUT2D eigenvalue weighted by Crippen LogP contribution is -2.22. The summed E-state index contributed by atoms with van der Waals surface area (Å²) in [5, 5.41) is 8.93. The molecule has 18 heavy (non-hydrogen) atoms. The molecule has 0 radical (unpaired) electrons. The zero-order chi connectivity index (χ0) is 13.3. The first-order valence-electron chi connectivity index (χ1n) is 5.61. The summed E-state index contributed by atoms with van der Waals surface area (Å²) in [6, 6.07) is 4.17. The van der Waals surface area contributed by atoms with Crippen molar-refractivity contribution in [3.05, 3.63) is 24.0 Å². The van der Waals surface area contributed by atoms with E-state index < -0.39 is 11.8 Å². The van der Waals surface area contributed by atoms with Crippen LogP contribution in [-0.2, 0) is 11.3 Å². The van der Waals surface area contributed by atoms with Crippen LogP contribution in [-0.4, -0.2) is 34.2 Å². The van der Waals surface area contributed by atoms with Gasteiger partial charge in [0, 0.05) is 13.6 Å². The zero-order valence-electron chi connectivity index (χ0n) is 10.2. The molecule has 0 bridgehead atoms. The van der Waals surface area contributed by atoms with Gasteiger partial charge in [-0.2, -0.15) is 0 Å². The summed E-state index contributed by atoms with van der Waals surface area (Å²) in [5.74, 6) is -0.857. The number of aliphatic carboxylic acids is 1. The van der Waals surface area contributed by atoms with Crippen molar-refractivity contribution in [3.63, 3.8) is 0 Å². The minimum Gasteiger partial charge on any atom is -0.480 e. The number of carboxylic acids is 1. The number of aromatic nitrogens is 2. The van der Waals surface area contributed by atoms with Gasteiger partial charge in [0.1, 0.15) is 12.4 Å². The maximum atomic E-state index is 13.2. The van der Waals surface area contributed by atoms with E-state index in [0.29, 0.717) is 23.5 Å². The van der Waals surface area contributed by atoms with Crippen LogP contribution in [0.15, 0.2) is 18.2 Å². The third-order valence-corrected chi connectivity index (χ3v) is 2.80. The number of imidazole rings is 1. The summed E-state index contributed by atoms with van der Waals surface area (Å²) in [4.78, 5) is 17.1. The van der Waals surface area contributed by atoms with Crippen molar-refractivity contribution in [2.24, 2.45) is 0 Å². The molecular weight excluding hydrogens is 237 g/mol. The summed E-state index contributed by atoms with van der Waals surface area (Å²) in [5.41, 5.74) is 1.08. The van der Waals surface area contributed by atoms with Gasteiger partial charge in [0.2, 0.25) is 5.95 Å². The summed E-state index contributed by atoms with van der Waals surface area (Å²) < 4.78 is 14.7. The Hall–Kier alpha value is -2.11. The molecule has 0 aliphatic carbocycles. The molecule has 0 aliphatic rings. The molecule has 1 aromatic carbocycles. The quantitative estimate of drug-likeness (QED) is 0.898. The van der Waals surface area contributed by atoms with Crippen molar-refractivity contribution >= 4 is 23.0 Å². The Labute approximate surface area is 103 Å². The van der Waals surface area contributed by atoms with Crippen molar-refractivity contribution in [3.8, 4) is 0 Å². The minimum atomic E-state index is -0.982. The summed E-state index contributed by atoms with van der Waals surface area (Å²) >= 11 is 0. The fourth-order valence-electron chi connectivity index (χ4n) is 1.81. The number of hydrogen-bond donors (Lipinski definition) is 1. The average Bonchev–Trinajstić information content (AvgIpc) is 2.66. The van der Waals surface area contributed by atoms with Crippen LogP contribution in [0.1, 0.15) is 6.92 Å². The van der Waals surface area contributed by atoms with Crippen LogP contribution in [0, 0.1) is 5.82 Å². The topological polar surface area (TPSA) is 58.4 Å². The number of carbonyl (C=O) groups is 1. The third-order valence-electron chi connectivity index (χ3n) is 2.80. The van der Waals surface area contributed by atoms with E-state index in [2.05, 4.69) is 4.98 Å². The van der Waals surface area contributed by atoms with E-state index in [1.807, 2.05) is 18.9 Å². The summed E-state index contributed by atoms with van der Waals surface area (Å²) in [6.45, 7) is 2.39. The molecule has 6 heteroatoms. The summed E-state index contributed by atoms with van der Waals surface area (Å²) in [6.07, 6.45) is 0. The smallest absolute Gasteiger partial charge is 0.323 e. The molecule has 0 fully saturated rings. The second-order valence-electron chi connectivity index (χ2n) is 4.04. The van der Waals surface area contributed by atoms with Gasteiger partial charge in [-0.05, 0) is 25.1 Å². The SMILES string of the molecule is CCN(C)c1nc2ccc(F)cc2n1CC(=O)O. The molecule has 1 N–H and O–H groups in total. The van der Waals surface area contributed by atoms with Gasteiger partial charge in [0.25, 0.3) is 0 Å². The highest BCUT2D eigenvalue weighted by molar-refractivity contribution is 5.81. The molecule has 96 valence electrons. The van der Waals surface area contributed by atoms with E-state index in [4.69, 9.17) is 5.11 Å². The van der Waals surface area contributed by atoms with E-state index in [1.165, 1.54) is 16.7 Å². The van der Waals surface area contributed by atoms with Crippen LogP contribution < -0.4 is 4.90 Å². The Morgan fingerprint density at radius 2 is 2.28 bits per heavy atom. The number of rotatable bonds is 4. The Kier molecular flexibility index (Phi) is 3.18.